The molecule has 19 heavy (non-hydrogen) atoms. The van der Waals surface area contributed by atoms with Gasteiger partial charge >= 0.3 is 0 Å². The minimum Gasteiger partial charge on any atom is -0.379 e. The molecule has 0 radical (unpaired) electrons. The summed E-state index contributed by atoms with van der Waals surface area (Å²) in [4.78, 5) is 11.3. The minimum atomic E-state index is -0.0338. The van der Waals surface area contributed by atoms with Crippen LogP contribution < -0.4 is 0 Å². The molecule has 0 aromatic rings. The van der Waals surface area contributed by atoms with Crippen LogP contribution >= 0.6 is 0 Å². The Labute approximate surface area is 116 Å². The highest BCUT2D eigenvalue weighted by molar-refractivity contribution is 5.84. The molecule has 1 saturated carbocycles. The average Bonchev–Trinajstić information content (AvgIpc) is 3.17. The Kier molecular flexibility index (Phi) is 8.26. The molecule has 0 spiro atoms. The Hall–Kier alpha value is -0.450. The smallest absolute Gasteiger partial charge is 0.136 e. The monoisotopic (exact) mass is 272 g/mol. The van der Waals surface area contributed by atoms with E-state index in [2.05, 4.69) is 6.92 Å². The van der Waals surface area contributed by atoms with E-state index in [4.69, 9.17) is 14.2 Å². The van der Waals surface area contributed by atoms with Crippen LogP contribution in [0.1, 0.15) is 46.0 Å². The Balaban J connectivity index is 1.78. The Morgan fingerprint density at radius 1 is 0.947 bits per heavy atom. The van der Waals surface area contributed by atoms with Gasteiger partial charge in [0, 0.05) is 18.6 Å². The minimum absolute atomic E-state index is 0.0338. The fourth-order valence-corrected chi connectivity index (χ4v) is 1.98. The number of ether oxygens (including phenoxy) is 3. The Bertz CT molecular complexity index is 249. The van der Waals surface area contributed by atoms with Gasteiger partial charge in [-0.05, 0) is 32.6 Å². The first kappa shape index (κ1) is 16.6. The van der Waals surface area contributed by atoms with Gasteiger partial charge in [-0.15, -0.1) is 0 Å². The average molecular weight is 272 g/mol. The lowest BCUT2D eigenvalue weighted by Gasteiger charge is -2.11. The van der Waals surface area contributed by atoms with Gasteiger partial charge in [0.1, 0.15) is 5.78 Å². The van der Waals surface area contributed by atoms with Crippen LogP contribution in [0.25, 0.3) is 0 Å². The third kappa shape index (κ3) is 7.04. The van der Waals surface area contributed by atoms with E-state index in [-0.39, 0.29) is 5.41 Å². The van der Waals surface area contributed by atoms with Gasteiger partial charge in [-0.25, -0.2) is 0 Å². The van der Waals surface area contributed by atoms with Crippen LogP contribution in [0.15, 0.2) is 0 Å². The first-order chi connectivity index (χ1) is 9.21. The molecule has 0 N–H and O–H groups in total. The van der Waals surface area contributed by atoms with Crippen molar-refractivity contribution in [3.63, 3.8) is 0 Å². The zero-order valence-electron chi connectivity index (χ0n) is 12.4. The molecule has 4 nitrogen and oxygen atoms in total. The van der Waals surface area contributed by atoms with Crippen molar-refractivity contribution in [2.75, 3.05) is 39.6 Å². The molecule has 0 aromatic heterocycles. The van der Waals surface area contributed by atoms with E-state index in [0.717, 1.165) is 38.7 Å². The summed E-state index contributed by atoms with van der Waals surface area (Å²) in [6.45, 7) is 7.81. The van der Waals surface area contributed by atoms with Gasteiger partial charge in [0.15, 0.2) is 0 Å². The molecule has 0 unspecified atom stereocenters. The van der Waals surface area contributed by atoms with Gasteiger partial charge in [0.2, 0.25) is 0 Å². The quantitative estimate of drug-likeness (QED) is 0.483. The molecule has 0 amide bonds. The number of hydrogen-bond donors (Lipinski definition) is 0. The fourth-order valence-electron chi connectivity index (χ4n) is 1.98. The Morgan fingerprint density at radius 2 is 1.47 bits per heavy atom. The summed E-state index contributed by atoms with van der Waals surface area (Å²) in [5.74, 6) is 0.316. The van der Waals surface area contributed by atoms with Gasteiger partial charge in [-0.3, -0.25) is 4.79 Å². The van der Waals surface area contributed by atoms with Crippen molar-refractivity contribution in [3.05, 3.63) is 0 Å². The molecule has 0 atom stereocenters. The van der Waals surface area contributed by atoms with Crippen LogP contribution in [0.2, 0.25) is 0 Å². The highest BCUT2D eigenvalue weighted by Gasteiger charge is 2.46. The summed E-state index contributed by atoms with van der Waals surface area (Å²) in [5.41, 5.74) is -0.0338. The number of unbranched alkanes of at least 4 members (excludes halogenated alkanes) is 1. The summed E-state index contributed by atoms with van der Waals surface area (Å²) in [6.07, 6.45) is 5.22. The molecule has 0 bridgehead atoms. The summed E-state index contributed by atoms with van der Waals surface area (Å²) in [5, 5.41) is 0. The maximum absolute atomic E-state index is 11.3. The van der Waals surface area contributed by atoms with Gasteiger partial charge in [-0.1, -0.05) is 13.3 Å². The molecule has 0 saturated heterocycles. The lowest BCUT2D eigenvalue weighted by molar-refractivity contribution is -0.122. The lowest BCUT2D eigenvalue weighted by atomic mass is 9.99. The van der Waals surface area contributed by atoms with E-state index in [0.29, 0.717) is 38.8 Å². The molecule has 0 aliphatic heterocycles. The molecular formula is C15H28O4. The molecule has 4 heteroatoms. The molecule has 1 aliphatic rings. The van der Waals surface area contributed by atoms with E-state index in [1.165, 1.54) is 0 Å². The van der Waals surface area contributed by atoms with E-state index in [9.17, 15) is 4.79 Å². The second-order valence-electron chi connectivity index (χ2n) is 5.28. The van der Waals surface area contributed by atoms with Crippen molar-refractivity contribution >= 4 is 5.78 Å². The zero-order chi connectivity index (χ0) is 14.0. The maximum atomic E-state index is 11.3. The zero-order valence-corrected chi connectivity index (χ0v) is 12.4. The van der Waals surface area contributed by atoms with Crippen LogP contribution in [0.4, 0.5) is 0 Å². The highest BCUT2D eigenvalue weighted by Crippen LogP contribution is 2.49. The summed E-state index contributed by atoms with van der Waals surface area (Å²) < 4.78 is 16.3. The van der Waals surface area contributed by atoms with E-state index in [1.54, 1.807) is 6.92 Å². The van der Waals surface area contributed by atoms with E-state index < -0.39 is 0 Å². The number of carbonyl (C=O) groups excluding carboxylic acids is 1. The maximum Gasteiger partial charge on any atom is 0.136 e. The number of Topliss-reactive ketones (excluding diaryl/α,β-unsaturated/α-hetero) is 1. The second kappa shape index (κ2) is 9.45. The van der Waals surface area contributed by atoms with Crippen molar-refractivity contribution < 1.29 is 19.0 Å². The topological polar surface area (TPSA) is 44.8 Å². The standard InChI is InChI=1S/C15H28O4/c1-3-4-8-17-10-12-19-13-11-18-9-7-15(5-6-15)14(2)16/h3-13H2,1-2H3. The SMILES string of the molecule is CCCCOCCOCCOCCC1(C(C)=O)CC1. The summed E-state index contributed by atoms with van der Waals surface area (Å²) >= 11 is 0. The van der Waals surface area contributed by atoms with Crippen LogP contribution in [0.3, 0.4) is 0 Å². The molecular weight excluding hydrogens is 244 g/mol. The predicted molar refractivity (Wildman–Crippen MR) is 74.3 cm³/mol. The molecule has 112 valence electrons. The number of rotatable bonds is 13. The molecule has 1 aliphatic carbocycles. The van der Waals surface area contributed by atoms with Gasteiger partial charge < -0.3 is 14.2 Å². The highest BCUT2D eigenvalue weighted by atomic mass is 16.5. The fraction of sp³-hybridized carbons (Fsp3) is 0.933. The molecule has 0 heterocycles. The first-order valence-electron chi connectivity index (χ1n) is 7.45. The number of hydrogen-bond acceptors (Lipinski definition) is 4. The number of carbonyl (C=O) groups is 1. The van der Waals surface area contributed by atoms with Crippen LogP contribution in [0.5, 0.6) is 0 Å². The third-order valence-electron chi connectivity index (χ3n) is 3.71. The summed E-state index contributed by atoms with van der Waals surface area (Å²) in [7, 11) is 0. The second-order valence-corrected chi connectivity index (χ2v) is 5.28. The van der Waals surface area contributed by atoms with Crippen molar-refractivity contribution in [1.82, 2.24) is 0 Å². The molecule has 1 fully saturated rings. The molecule has 0 aromatic carbocycles. The van der Waals surface area contributed by atoms with Crippen LogP contribution in [0, 0.1) is 5.41 Å². The normalized spacial score (nSPS) is 16.5. The largest absolute Gasteiger partial charge is 0.379 e. The van der Waals surface area contributed by atoms with Gasteiger partial charge in [0.25, 0.3) is 0 Å². The lowest BCUT2D eigenvalue weighted by Crippen LogP contribution is -2.16. The molecule has 1 rings (SSSR count). The Morgan fingerprint density at radius 3 is 1.95 bits per heavy atom. The van der Waals surface area contributed by atoms with Crippen LogP contribution in [-0.4, -0.2) is 45.4 Å². The van der Waals surface area contributed by atoms with Crippen molar-refractivity contribution in [2.45, 2.75) is 46.0 Å². The van der Waals surface area contributed by atoms with E-state index in [1.807, 2.05) is 0 Å². The van der Waals surface area contributed by atoms with Crippen molar-refractivity contribution in [3.8, 4) is 0 Å². The van der Waals surface area contributed by atoms with Gasteiger partial charge in [-0.2, -0.15) is 0 Å². The first-order valence-corrected chi connectivity index (χ1v) is 7.45. The number of ketones is 1. The third-order valence-corrected chi connectivity index (χ3v) is 3.71. The van der Waals surface area contributed by atoms with Crippen LogP contribution in [-0.2, 0) is 19.0 Å². The van der Waals surface area contributed by atoms with E-state index >= 15 is 0 Å². The van der Waals surface area contributed by atoms with Gasteiger partial charge in [0.05, 0.1) is 26.4 Å². The van der Waals surface area contributed by atoms with Crippen molar-refractivity contribution in [2.24, 2.45) is 5.41 Å². The van der Waals surface area contributed by atoms with Crippen molar-refractivity contribution in [1.29, 1.82) is 0 Å². The predicted octanol–water partition coefficient (Wildman–Crippen LogP) is 2.60. The summed E-state index contributed by atoms with van der Waals surface area (Å²) in [6, 6.07) is 0.